The molecule has 2 nitrogen and oxygen atoms in total. The Bertz CT molecular complexity index is 1030. The minimum absolute atomic E-state index is 0.219. The van der Waals surface area contributed by atoms with E-state index in [1.54, 1.807) is 13.8 Å². The van der Waals surface area contributed by atoms with Crippen molar-refractivity contribution in [3.8, 4) is 11.1 Å². The van der Waals surface area contributed by atoms with Gasteiger partial charge in [-0.25, -0.2) is 0 Å². The standard InChI is InChI=1S/C26H28BO2/c1-24(2,28)25(3,4)29-27-22-17-11-16-21-23(22)19-14-9-10-15-20(19)26(21,5)18-12-7-6-8-13-18/h6-17,28H,1-5H3. The van der Waals surface area contributed by atoms with Crippen LogP contribution in [0.4, 0.5) is 0 Å². The first-order valence-corrected chi connectivity index (χ1v) is 10.2. The van der Waals surface area contributed by atoms with Gasteiger partial charge < -0.3 is 9.76 Å². The van der Waals surface area contributed by atoms with E-state index in [4.69, 9.17) is 4.65 Å². The monoisotopic (exact) mass is 383 g/mol. The molecule has 0 aromatic heterocycles. The van der Waals surface area contributed by atoms with Gasteiger partial charge in [-0.3, -0.25) is 0 Å². The van der Waals surface area contributed by atoms with Gasteiger partial charge in [-0.2, -0.15) is 0 Å². The number of hydrogen-bond donors (Lipinski definition) is 1. The van der Waals surface area contributed by atoms with E-state index < -0.39 is 11.2 Å². The number of benzene rings is 3. The third-order valence-electron chi connectivity index (χ3n) is 6.68. The molecule has 0 saturated heterocycles. The summed E-state index contributed by atoms with van der Waals surface area (Å²) in [5, 5.41) is 10.5. The highest BCUT2D eigenvalue weighted by molar-refractivity contribution is 6.50. The van der Waals surface area contributed by atoms with Crippen molar-refractivity contribution in [2.45, 2.75) is 51.2 Å². The predicted octanol–water partition coefficient (Wildman–Crippen LogP) is 4.83. The zero-order valence-electron chi connectivity index (χ0n) is 17.9. The lowest BCUT2D eigenvalue weighted by Gasteiger charge is -2.37. The zero-order chi connectivity index (χ0) is 20.9. The molecule has 0 fully saturated rings. The van der Waals surface area contributed by atoms with Crippen molar-refractivity contribution in [3.63, 3.8) is 0 Å². The molecule has 1 atom stereocenters. The summed E-state index contributed by atoms with van der Waals surface area (Å²) >= 11 is 0. The Hall–Kier alpha value is -2.36. The van der Waals surface area contributed by atoms with Crippen molar-refractivity contribution in [1.82, 2.24) is 0 Å². The Morgan fingerprint density at radius 2 is 1.41 bits per heavy atom. The van der Waals surface area contributed by atoms with E-state index in [1.807, 2.05) is 21.3 Å². The lowest BCUT2D eigenvalue weighted by Crippen LogP contribution is -2.49. The fourth-order valence-electron chi connectivity index (χ4n) is 4.11. The number of rotatable bonds is 5. The van der Waals surface area contributed by atoms with Gasteiger partial charge in [0.2, 0.25) is 0 Å². The SMILES string of the molecule is CC1(c2ccccc2)c2ccccc2-c2c([B]OC(C)(C)C(C)(C)O)cccc21. The van der Waals surface area contributed by atoms with Crippen LogP contribution in [0.1, 0.15) is 51.3 Å². The molecule has 1 aliphatic rings. The second-order valence-corrected chi connectivity index (χ2v) is 9.11. The number of fused-ring (bicyclic) bond motifs is 3. The molecule has 4 rings (SSSR count). The van der Waals surface area contributed by atoms with Crippen LogP contribution in [0.15, 0.2) is 72.8 Å². The third kappa shape index (κ3) is 3.13. The molecule has 1 N–H and O–H groups in total. The van der Waals surface area contributed by atoms with E-state index in [9.17, 15) is 5.11 Å². The van der Waals surface area contributed by atoms with E-state index in [2.05, 4.69) is 79.7 Å². The Morgan fingerprint density at radius 3 is 2.10 bits per heavy atom. The molecule has 3 aromatic rings. The lowest BCUT2D eigenvalue weighted by atomic mass is 9.73. The minimum atomic E-state index is -0.960. The molecule has 0 aliphatic heterocycles. The van der Waals surface area contributed by atoms with Crippen molar-refractivity contribution in [2.24, 2.45) is 0 Å². The number of hydrogen-bond acceptors (Lipinski definition) is 2. The maximum atomic E-state index is 10.5. The van der Waals surface area contributed by atoms with Crippen molar-refractivity contribution in [3.05, 3.63) is 89.5 Å². The van der Waals surface area contributed by atoms with E-state index in [1.165, 1.54) is 27.8 Å². The molecule has 0 amide bonds. The lowest BCUT2D eigenvalue weighted by molar-refractivity contribution is -0.0893. The fraction of sp³-hybridized carbons (Fsp3) is 0.308. The van der Waals surface area contributed by atoms with Gasteiger partial charge >= 0.3 is 7.48 Å². The van der Waals surface area contributed by atoms with Gasteiger partial charge in [-0.05, 0) is 67.9 Å². The summed E-state index contributed by atoms with van der Waals surface area (Å²) in [4.78, 5) is 0. The maximum Gasteiger partial charge on any atom is 0.331 e. The average Bonchev–Trinajstić information content (AvgIpc) is 2.97. The molecule has 147 valence electrons. The van der Waals surface area contributed by atoms with Gasteiger partial charge in [0.1, 0.15) is 0 Å². The molecule has 0 saturated carbocycles. The molecule has 3 heteroatoms. The van der Waals surface area contributed by atoms with Crippen molar-refractivity contribution < 1.29 is 9.76 Å². The first-order valence-electron chi connectivity index (χ1n) is 10.2. The van der Waals surface area contributed by atoms with Gasteiger partial charge in [0.05, 0.1) is 11.2 Å². The summed E-state index contributed by atoms with van der Waals surface area (Å²) in [5.41, 5.74) is 5.46. The van der Waals surface area contributed by atoms with Gasteiger partial charge in [0.25, 0.3) is 0 Å². The van der Waals surface area contributed by atoms with Crippen LogP contribution in [-0.4, -0.2) is 23.8 Å². The highest BCUT2D eigenvalue weighted by atomic mass is 16.5. The minimum Gasteiger partial charge on any atom is -0.427 e. The summed E-state index contributed by atoms with van der Waals surface area (Å²) in [6.07, 6.45) is 0. The van der Waals surface area contributed by atoms with Crippen LogP contribution in [0.3, 0.4) is 0 Å². The predicted molar refractivity (Wildman–Crippen MR) is 121 cm³/mol. The quantitative estimate of drug-likeness (QED) is 0.640. The van der Waals surface area contributed by atoms with Crippen molar-refractivity contribution in [1.29, 1.82) is 0 Å². The first kappa shape index (κ1) is 19.9. The van der Waals surface area contributed by atoms with Gasteiger partial charge in [0, 0.05) is 5.41 Å². The van der Waals surface area contributed by atoms with E-state index >= 15 is 0 Å². The normalized spacial score (nSPS) is 18.3. The molecular weight excluding hydrogens is 355 g/mol. The van der Waals surface area contributed by atoms with Crippen LogP contribution in [0.2, 0.25) is 0 Å². The first-order chi connectivity index (χ1) is 13.7. The molecule has 0 bridgehead atoms. The molecule has 3 aromatic carbocycles. The molecule has 1 radical (unpaired) electrons. The average molecular weight is 383 g/mol. The van der Waals surface area contributed by atoms with Crippen LogP contribution >= 0.6 is 0 Å². The highest BCUT2D eigenvalue weighted by Crippen LogP contribution is 2.51. The second-order valence-electron chi connectivity index (χ2n) is 9.11. The largest absolute Gasteiger partial charge is 0.427 e. The van der Waals surface area contributed by atoms with Crippen LogP contribution in [-0.2, 0) is 10.1 Å². The molecule has 1 unspecified atom stereocenters. The van der Waals surface area contributed by atoms with Crippen LogP contribution in [0.25, 0.3) is 11.1 Å². The van der Waals surface area contributed by atoms with Crippen LogP contribution < -0.4 is 5.46 Å². The molecule has 1 aliphatic carbocycles. The Morgan fingerprint density at radius 1 is 0.793 bits per heavy atom. The topological polar surface area (TPSA) is 29.5 Å². The molecular formula is C26H28BO2. The highest BCUT2D eigenvalue weighted by Gasteiger charge is 2.42. The third-order valence-corrected chi connectivity index (χ3v) is 6.68. The summed E-state index contributed by atoms with van der Waals surface area (Å²) in [5.74, 6) is 0. The van der Waals surface area contributed by atoms with Gasteiger partial charge in [-0.1, -0.05) is 72.8 Å². The number of aliphatic hydroxyl groups is 1. The maximum absolute atomic E-state index is 10.5. The van der Waals surface area contributed by atoms with E-state index in [0.29, 0.717) is 0 Å². The van der Waals surface area contributed by atoms with E-state index in [0.717, 1.165) is 5.46 Å². The Balaban J connectivity index is 1.85. The van der Waals surface area contributed by atoms with Crippen LogP contribution in [0.5, 0.6) is 0 Å². The van der Waals surface area contributed by atoms with Gasteiger partial charge in [0.15, 0.2) is 0 Å². The molecule has 29 heavy (non-hydrogen) atoms. The van der Waals surface area contributed by atoms with Crippen molar-refractivity contribution >= 4 is 12.9 Å². The summed E-state index contributed by atoms with van der Waals surface area (Å²) in [6, 6.07) is 25.7. The fourth-order valence-corrected chi connectivity index (χ4v) is 4.11. The molecule has 0 heterocycles. The summed E-state index contributed by atoms with van der Waals surface area (Å²) in [7, 11) is 1.81. The smallest absolute Gasteiger partial charge is 0.331 e. The molecule has 0 spiro atoms. The van der Waals surface area contributed by atoms with Gasteiger partial charge in [-0.15, -0.1) is 0 Å². The van der Waals surface area contributed by atoms with E-state index in [-0.39, 0.29) is 5.41 Å². The summed E-state index contributed by atoms with van der Waals surface area (Å²) < 4.78 is 6.12. The van der Waals surface area contributed by atoms with Crippen molar-refractivity contribution in [2.75, 3.05) is 0 Å². The second kappa shape index (κ2) is 6.86. The Labute approximate surface area is 174 Å². The zero-order valence-corrected chi connectivity index (χ0v) is 17.9. The summed E-state index contributed by atoms with van der Waals surface area (Å²) in [6.45, 7) is 9.68. The van der Waals surface area contributed by atoms with Crippen LogP contribution in [0, 0.1) is 0 Å². The Kier molecular flexibility index (Phi) is 4.72.